The van der Waals surface area contributed by atoms with Crippen molar-refractivity contribution in [1.29, 1.82) is 0 Å². The first-order valence-electron chi connectivity index (χ1n) is 12.6. The molecule has 0 spiro atoms. The van der Waals surface area contributed by atoms with Gasteiger partial charge >= 0.3 is 27.7 Å². The van der Waals surface area contributed by atoms with Gasteiger partial charge in [-0.1, -0.05) is 0 Å². The van der Waals surface area contributed by atoms with E-state index in [1.807, 2.05) is 0 Å². The lowest BCUT2D eigenvalue weighted by Crippen LogP contribution is -2.92. The zero-order valence-electron chi connectivity index (χ0n) is 22.0. The highest BCUT2D eigenvalue weighted by Crippen LogP contribution is 2.64. The lowest BCUT2D eigenvalue weighted by atomic mass is 9.42. The normalized spacial score (nSPS) is 42.2. The maximum absolute atomic E-state index is 13.3. The summed E-state index contributed by atoms with van der Waals surface area (Å²) in [7, 11) is -9.86. The predicted molar refractivity (Wildman–Crippen MR) is 129 cm³/mol. The molecular formula is C20H30N4O16P2. The summed E-state index contributed by atoms with van der Waals surface area (Å²) >= 11 is 0. The number of amides is 6. The molecule has 42 heavy (non-hydrogen) atoms. The number of aliphatic hydroxyl groups is 2. The molecule has 0 aromatic heterocycles. The van der Waals surface area contributed by atoms with E-state index in [0.717, 1.165) is 9.80 Å². The van der Waals surface area contributed by atoms with Crippen LogP contribution in [0.15, 0.2) is 0 Å². The quantitative estimate of drug-likeness (QED) is 0.122. The second-order valence-electron chi connectivity index (χ2n) is 11.1. The highest BCUT2D eigenvalue weighted by molar-refractivity contribution is 7.46. The van der Waals surface area contributed by atoms with Crippen molar-refractivity contribution in [2.45, 2.75) is 75.6 Å². The average molecular weight is 644 g/mol. The number of rotatable bonds is 8. The van der Waals surface area contributed by atoms with E-state index < -0.39 is 113 Å². The molecule has 5 rings (SSSR count). The second kappa shape index (κ2) is 10.3. The number of nitrogens with zero attached hydrogens (tertiary/aromatic N) is 2. The van der Waals surface area contributed by atoms with Crippen molar-refractivity contribution in [3.63, 3.8) is 0 Å². The summed E-state index contributed by atoms with van der Waals surface area (Å²) in [5.41, 5.74) is -3.35. The van der Waals surface area contributed by atoms with E-state index in [2.05, 4.69) is 19.7 Å². The minimum absolute atomic E-state index is 0.284. The van der Waals surface area contributed by atoms with Crippen molar-refractivity contribution in [2.75, 3.05) is 13.2 Å². The molecule has 4 saturated heterocycles. The largest absolute Gasteiger partial charge is 0.469 e. The molecule has 4 aliphatic heterocycles. The highest BCUT2D eigenvalue weighted by Gasteiger charge is 2.82. The molecule has 0 radical (unpaired) electrons. The van der Waals surface area contributed by atoms with Gasteiger partial charge in [-0.15, -0.1) is 0 Å². The standard InChI is InChI=1S/C20H30N4O16P2/c1-19-13(23(17(29)21-15(19)27)11-3-7(25)9(39-11)5-37-41(31,32)33)14-20(19,2)16(28)22-18(30)24(14)12-4-8(26)10(40-12)6-38-42(34,35)36/h7-14,25-26H,3-6H2,1-2H3,(H,21,27,29)(H,22,28,30)(H2,31,32,33)(H2,34,35,36)/t7-,8-,9+,10+,11+,12+,13?,14?,19?,20?/m0/s1. The predicted octanol–water partition coefficient (Wildman–Crippen LogP) is -2.98. The van der Waals surface area contributed by atoms with Gasteiger partial charge in [-0.05, 0) is 13.8 Å². The average Bonchev–Trinajstić information content (AvgIpc) is 3.41. The minimum atomic E-state index is -4.93. The van der Waals surface area contributed by atoms with Crippen molar-refractivity contribution in [3.05, 3.63) is 0 Å². The lowest BCUT2D eigenvalue weighted by Gasteiger charge is -2.72. The fourth-order valence-electron chi connectivity index (χ4n) is 6.62. The Labute approximate surface area is 236 Å². The van der Waals surface area contributed by atoms with Crippen LogP contribution in [0, 0.1) is 10.8 Å². The van der Waals surface area contributed by atoms with Crippen LogP contribution in [0.1, 0.15) is 26.7 Å². The van der Waals surface area contributed by atoms with E-state index in [-0.39, 0.29) is 12.8 Å². The molecule has 4 heterocycles. The summed E-state index contributed by atoms with van der Waals surface area (Å²) in [6.45, 7) is 1.32. The van der Waals surface area contributed by atoms with Gasteiger partial charge in [0.2, 0.25) is 11.8 Å². The van der Waals surface area contributed by atoms with E-state index in [0.29, 0.717) is 0 Å². The van der Waals surface area contributed by atoms with E-state index in [4.69, 9.17) is 29.0 Å². The van der Waals surface area contributed by atoms with Crippen LogP contribution in [0.25, 0.3) is 0 Å². The Hall–Kier alpha value is -2.06. The number of urea groups is 2. The molecule has 5 fully saturated rings. The van der Waals surface area contributed by atoms with E-state index >= 15 is 0 Å². The van der Waals surface area contributed by atoms with E-state index in [1.165, 1.54) is 13.8 Å². The van der Waals surface area contributed by atoms with Crippen LogP contribution in [-0.2, 0) is 37.2 Å². The van der Waals surface area contributed by atoms with Crippen LogP contribution in [-0.4, -0.2) is 126 Å². The van der Waals surface area contributed by atoms with Gasteiger partial charge in [-0.3, -0.25) is 39.1 Å². The van der Waals surface area contributed by atoms with Gasteiger partial charge < -0.3 is 39.3 Å². The summed E-state index contributed by atoms with van der Waals surface area (Å²) in [6, 6.07) is -4.50. The number of phosphoric acid groups is 2. The van der Waals surface area contributed by atoms with Gasteiger partial charge in [0.25, 0.3) is 0 Å². The van der Waals surface area contributed by atoms with Crippen molar-refractivity contribution in [2.24, 2.45) is 10.8 Å². The molecule has 1 saturated carbocycles. The molecule has 5 aliphatic rings. The Morgan fingerprint density at radius 3 is 1.40 bits per heavy atom. The van der Waals surface area contributed by atoms with Crippen molar-refractivity contribution < 1.29 is 76.6 Å². The monoisotopic (exact) mass is 644 g/mol. The number of carbonyl (C=O) groups is 4. The molecule has 22 heteroatoms. The van der Waals surface area contributed by atoms with Crippen LogP contribution in [0.5, 0.6) is 0 Å². The van der Waals surface area contributed by atoms with Crippen molar-refractivity contribution in [3.8, 4) is 0 Å². The van der Waals surface area contributed by atoms with Crippen molar-refractivity contribution in [1.82, 2.24) is 20.4 Å². The van der Waals surface area contributed by atoms with Crippen molar-refractivity contribution >= 4 is 39.5 Å². The Morgan fingerprint density at radius 1 is 0.762 bits per heavy atom. The molecular weight excluding hydrogens is 614 g/mol. The minimum Gasteiger partial charge on any atom is -0.390 e. The number of carbonyl (C=O) groups excluding carboxylic acids is 4. The molecule has 1 aliphatic carbocycles. The first-order chi connectivity index (χ1) is 19.3. The Balaban J connectivity index is 1.46. The van der Waals surface area contributed by atoms with Crippen LogP contribution in [0.4, 0.5) is 9.59 Å². The second-order valence-corrected chi connectivity index (χ2v) is 13.5. The van der Waals surface area contributed by atoms with Crippen LogP contribution in [0.3, 0.4) is 0 Å². The number of fused-ring (bicyclic) bond motifs is 4. The molecule has 10 atom stereocenters. The van der Waals surface area contributed by atoms with Crippen LogP contribution < -0.4 is 10.6 Å². The van der Waals surface area contributed by atoms with Gasteiger partial charge in [-0.2, -0.15) is 0 Å². The molecule has 6 amide bonds. The highest BCUT2D eigenvalue weighted by atomic mass is 31.2. The number of aliphatic hydroxyl groups excluding tert-OH is 2. The SMILES string of the molecule is CC12C(=O)NC(=O)N([C@H]3C[C@H](O)[C@@H](COP(=O)(O)O)O3)C1C1N([C@H]3C[C@H](O)[C@@H](COP(=O)(O)O)O3)C(=O)NC(=O)C12C. The Bertz CT molecular complexity index is 1190. The topological polar surface area (TPSA) is 291 Å². The third-order valence-corrected chi connectivity index (χ3v) is 9.83. The van der Waals surface area contributed by atoms with Crippen LogP contribution >= 0.6 is 15.6 Å². The maximum Gasteiger partial charge on any atom is 0.469 e. The van der Waals surface area contributed by atoms with Gasteiger partial charge in [0.1, 0.15) is 24.7 Å². The number of hydrogen-bond donors (Lipinski definition) is 8. The fourth-order valence-corrected chi connectivity index (χ4v) is 7.30. The summed E-state index contributed by atoms with van der Waals surface area (Å²) in [6.07, 6.45) is -8.47. The summed E-state index contributed by atoms with van der Waals surface area (Å²) in [4.78, 5) is 91.1. The first-order valence-corrected chi connectivity index (χ1v) is 15.7. The Morgan fingerprint density at radius 2 is 1.10 bits per heavy atom. The van der Waals surface area contributed by atoms with Gasteiger partial charge in [-0.25, -0.2) is 18.7 Å². The number of imide groups is 2. The summed E-state index contributed by atoms with van der Waals surface area (Å²) in [5.74, 6) is -1.67. The van der Waals surface area contributed by atoms with E-state index in [9.17, 15) is 38.5 Å². The van der Waals surface area contributed by atoms with Gasteiger partial charge in [0.05, 0.1) is 48.3 Å². The third kappa shape index (κ3) is 4.89. The third-order valence-electron chi connectivity index (χ3n) is 8.86. The zero-order chi connectivity index (χ0) is 31.2. The molecule has 4 unspecified atom stereocenters. The first kappa shape index (κ1) is 31.4. The molecule has 0 aromatic rings. The molecule has 8 N–H and O–H groups in total. The zero-order valence-corrected chi connectivity index (χ0v) is 23.8. The van der Waals surface area contributed by atoms with E-state index in [1.54, 1.807) is 0 Å². The maximum atomic E-state index is 13.3. The fraction of sp³-hybridized carbons (Fsp3) is 0.800. The van der Waals surface area contributed by atoms with Gasteiger partial charge in [0.15, 0.2) is 0 Å². The molecule has 236 valence electrons. The van der Waals surface area contributed by atoms with Gasteiger partial charge in [0, 0.05) is 12.8 Å². The molecule has 20 nitrogen and oxygen atoms in total. The molecule has 0 bridgehead atoms. The molecule has 0 aromatic carbocycles. The number of ether oxygens (including phenoxy) is 2. The lowest BCUT2D eigenvalue weighted by molar-refractivity contribution is -0.242. The number of phosphoric ester groups is 2. The summed E-state index contributed by atoms with van der Waals surface area (Å²) < 4.78 is 42.5. The Kier molecular flexibility index (Phi) is 7.66. The number of hydrogen-bond acceptors (Lipinski definition) is 12. The smallest absolute Gasteiger partial charge is 0.390 e. The van der Waals surface area contributed by atoms with Crippen LogP contribution in [0.2, 0.25) is 0 Å². The number of nitrogens with one attached hydrogen (secondary N) is 2. The summed E-state index contributed by atoms with van der Waals surface area (Å²) in [5, 5.41) is 25.3.